The van der Waals surface area contributed by atoms with Crippen LogP contribution in [0.3, 0.4) is 0 Å². The van der Waals surface area contributed by atoms with Gasteiger partial charge in [0.05, 0.1) is 0 Å². The highest BCUT2D eigenvalue weighted by molar-refractivity contribution is 5.99. The van der Waals surface area contributed by atoms with Crippen LogP contribution in [0.15, 0.2) is 24.3 Å². The number of carbonyl (C=O) groups is 2. The Morgan fingerprint density at radius 3 is 1.86 bits per heavy atom. The molecule has 0 aliphatic rings. The van der Waals surface area contributed by atoms with Crippen molar-refractivity contribution in [1.82, 2.24) is 0 Å². The Labute approximate surface area is 119 Å². The molecule has 0 heterocycles. The van der Waals surface area contributed by atoms with Gasteiger partial charge < -0.3 is 16.2 Å². The molecule has 1 rings (SSSR count). The molecule has 4 N–H and O–H groups in total. The Morgan fingerprint density at radius 1 is 1.19 bits per heavy atom. The van der Waals surface area contributed by atoms with Gasteiger partial charge in [0, 0.05) is 11.3 Å². The second-order valence-corrected chi connectivity index (χ2v) is 3.97. The van der Waals surface area contributed by atoms with Gasteiger partial charge in [0.25, 0.3) is 0 Å². The first kappa shape index (κ1) is 18.6. The van der Waals surface area contributed by atoms with Crippen molar-refractivity contribution in [2.75, 3.05) is 0 Å². The molecule has 0 aromatic heterocycles. The first-order valence-corrected chi connectivity index (χ1v) is 5.87. The maximum atomic E-state index is 10.8. The van der Waals surface area contributed by atoms with E-state index in [0.717, 1.165) is 18.4 Å². The average molecular weight is 304 g/mol. The SMILES string of the molecule is CCCC(=N)c1ccc(C(N)=O)cc1.O=C(O)C(F)(F)F. The third kappa shape index (κ3) is 7.09. The number of carbonyl (C=O) groups excluding carboxylic acids is 1. The van der Waals surface area contributed by atoms with Gasteiger partial charge in [-0.15, -0.1) is 0 Å². The maximum absolute atomic E-state index is 10.8. The number of alkyl halides is 3. The molecule has 5 nitrogen and oxygen atoms in total. The number of hydrogen-bond donors (Lipinski definition) is 3. The van der Waals surface area contributed by atoms with Crippen molar-refractivity contribution < 1.29 is 27.9 Å². The van der Waals surface area contributed by atoms with Crippen molar-refractivity contribution in [3.05, 3.63) is 35.4 Å². The lowest BCUT2D eigenvalue weighted by Crippen LogP contribution is -2.21. The topological polar surface area (TPSA) is 104 Å². The number of nitrogens with two attached hydrogens (primary N) is 1. The first-order valence-electron chi connectivity index (χ1n) is 5.87. The molecule has 0 radical (unpaired) electrons. The van der Waals surface area contributed by atoms with E-state index in [1.54, 1.807) is 24.3 Å². The maximum Gasteiger partial charge on any atom is 0.490 e. The summed E-state index contributed by atoms with van der Waals surface area (Å²) in [6, 6.07) is 6.83. The molecule has 0 fully saturated rings. The second kappa shape index (κ2) is 8.03. The fraction of sp³-hybridized carbons (Fsp3) is 0.308. The van der Waals surface area contributed by atoms with Gasteiger partial charge in [-0.25, -0.2) is 4.79 Å². The van der Waals surface area contributed by atoms with Crippen molar-refractivity contribution >= 4 is 17.6 Å². The molecular formula is C13H15F3N2O3. The second-order valence-electron chi connectivity index (χ2n) is 3.97. The Hall–Kier alpha value is -2.38. The number of amides is 1. The van der Waals surface area contributed by atoms with E-state index in [9.17, 15) is 18.0 Å². The zero-order valence-corrected chi connectivity index (χ0v) is 11.2. The third-order valence-corrected chi connectivity index (χ3v) is 2.26. The van der Waals surface area contributed by atoms with Gasteiger partial charge in [-0.05, 0) is 24.1 Å². The number of halogens is 3. The van der Waals surface area contributed by atoms with Crippen LogP contribution < -0.4 is 5.73 Å². The average Bonchev–Trinajstić information content (AvgIpc) is 2.38. The predicted octanol–water partition coefficient (Wildman–Crippen LogP) is 2.59. The molecule has 8 heteroatoms. The van der Waals surface area contributed by atoms with Crippen molar-refractivity contribution in [2.45, 2.75) is 25.9 Å². The minimum absolute atomic E-state index is 0.432. The molecule has 0 saturated carbocycles. The Kier molecular flexibility index (Phi) is 7.12. The highest BCUT2D eigenvalue weighted by atomic mass is 19.4. The molecule has 116 valence electrons. The fourth-order valence-electron chi connectivity index (χ4n) is 1.23. The van der Waals surface area contributed by atoms with E-state index in [1.807, 2.05) is 6.92 Å². The summed E-state index contributed by atoms with van der Waals surface area (Å²) in [7, 11) is 0. The zero-order valence-electron chi connectivity index (χ0n) is 11.2. The third-order valence-electron chi connectivity index (χ3n) is 2.26. The summed E-state index contributed by atoms with van der Waals surface area (Å²) in [6.45, 7) is 2.03. The van der Waals surface area contributed by atoms with Crippen LogP contribution >= 0.6 is 0 Å². The number of rotatable bonds is 4. The van der Waals surface area contributed by atoms with E-state index >= 15 is 0 Å². The molecule has 1 aromatic carbocycles. The molecule has 0 spiro atoms. The molecule has 0 saturated heterocycles. The van der Waals surface area contributed by atoms with Crippen LogP contribution in [0.25, 0.3) is 0 Å². The number of carboxylic acid groups (broad SMARTS) is 1. The molecule has 21 heavy (non-hydrogen) atoms. The van der Waals surface area contributed by atoms with Crippen molar-refractivity contribution in [3.63, 3.8) is 0 Å². The quantitative estimate of drug-likeness (QED) is 0.744. The summed E-state index contributed by atoms with van der Waals surface area (Å²) in [5, 5.41) is 14.8. The van der Waals surface area contributed by atoms with Gasteiger partial charge in [0.1, 0.15) is 0 Å². The van der Waals surface area contributed by atoms with Gasteiger partial charge in [-0.3, -0.25) is 4.79 Å². The van der Waals surface area contributed by atoms with Crippen LogP contribution in [0.1, 0.15) is 35.7 Å². The van der Waals surface area contributed by atoms with E-state index in [0.29, 0.717) is 11.3 Å². The monoisotopic (exact) mass is 304 g/mol. The van der Waals surface area contributed by atoms with Gasteiger partial charge >= 0.3 is 12.1 Å². The van der Waals surface area contributed by atoms with Crippen molar-refractivity contribution in [3.8, 4) is 0 Å². The van der Waals surface area contributed by atoms with Gasteiger partial charge in [0.15, 0.2) is 0 Å². The number of benzene rings is 1. The first-order chi connectivity index (χ1) is 9.59. The summed E-state index contributed by atoms with van der Waals surface area (Å²) in [4.78, 5) is 19.7. The fourth-order valence-corrected chi connectivity index (χ4v) is 1.23. The van der Waals surface area contributed by atoms with E-state index < -0.39 is 18.1 Å². The molecular weight excluding hydrogens is 289 g/mol. The Bertz CT molecular complexity index is 510. The summed E-state index contributed by atoms with van der Waals surface area (Å²) >= 11 is 0. The molecule has 0 bridgehead atoms. The summed E-state index contributed by atoms with van der Waals surface area (Å²) in [5.41, 5.74) is 7.05. The van der Waals surface area contributed by atoms with Crippen LogP contribution in [0.2, 0.25) is 0 Å². The van der Waals surface area contributed by atoms with E-state index in [4.69, 9.17) is 21.0 Å². The Morgan fingerprint density at radius 2 is 1.57 bits per heavy atom. The standard InChI is InChI=1S/C11H14N2O.C2HF3O2/c1-2-3-10(12)8-4-6-9(7-5-8)11(13)14;3-2(4,5)1(6)7/h4-7,12H,2-3H2,1H3,(H2,13,14);(H,6,7). The zero-order chi connectivity index (χ0) is 16.6. The minimum atomic E-state index is -5.08. The van der Waals surface area contributed by atoms with Crippen molar-refractivity contribution in [1.29, 1.82) is 5.41 Å². The lowest BCUT2D eigenvalue weighted by molar-refractivity contribution is -0.192. The lowest BCUT2D eigenvalue weighted by atomic mass is 10.0. The predicted molar refractivity (Wildman–Crippen MR) is 70.4 cm³/mol. The minimum Gasteiger partial charge on any atom is -0.475 e. The van der Waals surface area contributed by atoms with Gasteiger partial charge in [0.2, 0.25) is 5.91 Å². The molecule has 0 aliphatic heterocycles. The normalized spacial score (nSPS) is 10.3. The van der Waals surface area contributed by atoms with E-state index in [1.165, 1.54) is 0 Å². The molecule has 0 aliphatic carbocycles. The number of aliphatic carboxylic acids is 1. The summed E-state index contributed by atoms with van der Waals surface area (Å²) in [6.07, 6.45) is -3.37. The lowest BCUT2D eigenvalue weighted by Gasteiger charge is -2.02. The van der Waals surface area contributed by atoms with E-state index in [2.05, 4.69) is 0 Å². The molecule has 0 atom stereocenters. The summed E-state index contributed by atoms with van der Waals surface area (Å²) < 4.78 is 31.7. The van der Waals surface area contributed by atoms with Crippen LogP contribution in [0.4, 0.5) is 13.2 Å². The molecule has 1 aromatic rings. The van der Waals surface area contributed by atoms with Gasteiger partial charge in [-0.1, -0.05) is 25.5 Å². The number of carboxylic acids is 1. The van der Waals surface area contributed by atoms with Crippen LogP contribution in [-0.4, -0.2) is 28.9 Å². The molecule has 0 unspecified atom stereocenters. The van der Waals surface area contributed by atoms with Crippen molar-refractivity contribution in [2.24, 2.45) is 5.73 Å². The van der Waals surface area contributed by atoms with Crippen LogP contribution in [0.5, 0.6) is 0 Å². The Balaban J connectivity index is 0.000000486. The molecule has 1 amide bonds. The van der Waals surface area contributed by atoms with Crippen LogP contribution in [-0.2, 0) is 4.79 Å². The number of primary amides is 1. The highest BCUT2D eigenvalue weighted by Crippen LogP contribution is 2.13. The van der Waals surface area contributed by atoms with Gasteiger partial charge in [-0.2, -0.15) is 13.2 Å². The van der Waals surface area contributed by atoms with E-state index in [-0.39, 0.29) is 0 Å². The number of hydrogen-bond acceptors (Lipinski definition) is 3. The smallest absolute Gasteiger partial charge is 0.475 e. The highest BCUT2D eigenvalue weighted by Gasteiger charge is 2.38. The number of nitrogens with one attached hydrogen (secondary N) is 1. The largest absolute Gasteiger partial charge is 0.490 e. The summed E-state index contributed by atoms with van der Waals surface area (Å²) in [5.74, 6) is -3.19. The van der Waals surface area contributed by atoms with Crippen LogP contribution in [0, 0.1) is 5.41 Å².